The first-order valence-corrected chi connectivity index (χ1v) is 6.20. The number of hydrogen-bond acceptors (Lipinski definition) is 2. The molecule has 0 saturated carbocycles. The molecule has 1 rings (SSSR count). The van der Waals surface area contributed by atoms with Gasteiger partial charge in [0, 0.05) is 22.0 Å². The van der Waals surface area contributed by atoms with Gasteiger partial charge in [0.1, 0.15) is 6.10 Å². The van der Waals surface area contributed by atoms with Crippen LogP contribution in [0.25, 0.3) is 0 Å². The Morgan fingerprint density at radius 3 is 2.50 bits per heavy atom. The minimum atomic E-state index is -2.70. The lowest BCUT2D eigenvalue weighted by Gasteiger charge is -2.10. The number of nitrogens with one attached hydrogen (secondary N) is 1. The fourth-order valence-corrected chi connectivity index (χ4v) is 1.78. The molecule has 0 amide bonds. The summed E-state index contributed by atoms with van der Waals surface area (Å²) in [7, 11) is 0. The molecule has 0 spiro atoms. The third kappa shape index (κ3) is 4.45. The topological polar surface area (TPSA) is 32.3 Å². The van der Waals surface area contributed by atoms with Gasteiger partial charge in [-0.15, -0.1) is 0 Å². The Balaban J connectivity index is 2.40. The van der Waals surface area contributed by atoms with Crippen LogP contribution < -0.4 is 5.32 Å². The highest BCUT2D eigenvalue weighted by Gasteiger charge is 2.15. The summed E-state index contributed by atoms with van der Waals surface area (Å²) in [5, 5.41) is 11.6. The molecule has 1 aromatic carbocycles. The zero-order valence-corrected chi connectivity index (χ0v) is 11.4. The summed E-state index contributed by atoms with van der Waals surface area (Å²) in [6, 6.07) is 5.62. The van der Waals surface area contributed by atoms with Crippen LogP contribution in [0.3, 0.4) is 0 Å². The van der Waals surface area contributed by atoms with E-state index in [1.54, 1.807) is 0 Å². The van der Waals surface area contributed by atoms with Crippen LogP contribution in [-0.2, 0) is 6.54 Å². The van der Waals surface area contributed by atoms with Crippen LogP contribution in [0.4, 0.5) is 8.78 Å². The summed E-state index contributed by atoms with van der Waals surface area (Å²) in [6.07, 6.45) is -4.32. The summed E-state index contributed by atoms with van der Waals surface area (Å²) >= 11 is 6.68. The van der Waals surface area contributed by atoms with Crippen molar-refractivity contribution in [3.8, 4) is 0 Å². The first-order valence-electron chi connectivity index (χ1n) is 4.61. The molecule has 6 heteroatoms. The van der Waals surface area contributed by atoms with Crippen molar-refractivity contribution in [2.45, 2.75) is 19.1 Å². The fraction of sp³-hybridized carbons (Fsp3) is 0.400. The molecule has 1 atom stereocenters. The van der Waals surface area contributed by atoms with Crippen molar-refractivity contribution >= 4 is 31.9 Å². The maximum absolute atomic E-state index is 12.0. The molecular formula is C10H11Br2F2NO. The van der Waals surface area contributed by atoms with E-state index < -0.39 is 12.5 Å². The van der Waals surface area contributed by atoms with Gasteiger partial charge in [0.15, 0.2) is 0 Å². The number of aliphatic hydroxyl groups excluding tert-OH is 1. The van der Waals surface area contributed by atoms with Gasteiger partial charge in [-0.3, -0.25) is 0 Å². The molecule has 0 aliphatic heterocycles. The molecule has 2 nitrogen and oxygen atoms in total. The van der Waals surface area contributed by atoms with Crippen molar-refractivity contribution < 1.29 is 13.9 Å². The molecule has 0 heterocycles. The van der Waals surface area contributed by atoms with Crippen LogP contribution in [0, 0.1) is 0 Å². The van der Waals surface area contributed by atoms with Crippen molar-refractivity contribution in [1.29, 1.82) is 0 Å². The van der Waals surface area contributed by atoms with Gasteiger partial charge in [-0.2, -0.15) is 0 Å². The molecule has 1 aromatic rings. The summed E-state index contributed by atoms with van der Waals surface area (Å²) in [5.74, 6) is 0. The van der Waals surface area contributed by atoms with Crippen LogP contribution in [0.1, 0.15) is 5.56 Å². The first-order chi connectivity index (χ1) is 7.50. The van der Waals surface area contributed by atoms with Gasteiger partial charge >= 0.3 is 0 Å². The van der Waals surface area contributed by atoms with Crippen molar-refractivity contribution in [2.75, 3.05) is 6.54 Å². The minimum absolute atomic E-state index is 0.120. The SMILES string of the molecule is OC(CNCc1ccc(Br)c(Br)c1)C(F)F. The standard InChI is InChI=1S/C10H11Br2F2NO/c11-7-2-1-6(3-8(7)12)4-15-5-9(16)10(13)14/h1-3,9-10,15-16H,4-5H2. The average Bonchev–Trinajstić information content (AvgIpc) is 2.23. The maximum atomic E-state index is 12.0. The van der Waals surface area contributed by atoms with E-state index in [2.05, 4.69) is 37.2 Å². The van der Waals surface area contributed by atoms with Gasteiger partial charge < -0.3 is 10.4 Å². The highest BCUT2D eigenvalue weighted by molar-refractivity contribution is 9.13. The van der Waals surface area contributed by atoms with Crippen molar-refractivity contribution in [2.24, 2.45) is 0 Å². The maximum Gasteiger partial charge on any atom is 0.265 e. The normalized spacial score (nSPS) is 13.1. The number of hydrogen-bond donors (Lipinski definition) is 2. The van der Waals surface area contributed by atoms with Crippen LogP contribution in [0.2, 0.25) is 0 Å². The highest BCUT2D eigenvalue weighted by atomic mass is 79.9. The van der Waals surface area contributed by atoms with Gasteiger partial charge in [0.05, 0.1) is 0 Å². The number of benzene rings is 1. The Morgan fingerprint density at radius 2 is 1.94 bits per heavy atom. The summed E-state index contributed by atoms with van der Waals surface area (Å²) in [5.41, 5.74) is 0.955. The second-order valence-electron chi connectivity index (χ2n) is 3.28. The van der Waals surface area contributed by atoms with Crippen molar-refractivity contribution in [3.63, 3.8) is 0 Å². The van der Waals surface area contributed by atoms with E-state index in [1.807, 2.05) is 18.2 Å². The van der Waals surface area contributed by atoms with Gasteiger partial charge in [0.25, 0.3) is 6.43 Å². The average molecular weight is 359 g/mol. The Labute approximate surface area is 109 Å². The summed E-state index contributed by atoms with van der Waals surface area (Å²) in [6.45, 7) is 0.320. The first kappa shape index (κ1) is 14.0. The number of aliphatic hydroxyl groups is 1. The van der Waals surface area contributed by atoms with Gasteiger partial charge in [-0.05, 0) is 49.6 Å². The molecule has 0 bridgehead atoms. The summed E-state index contributed by atoms with van der Waals surface area (Å²) in [4.78, 5) is 0. The molecule has 16 heavy (non-hydrogen) atoms. The Hall–Kier alpha value is -0.0400. The molecular weight excluding hydrogens is 348 g/mol. The van der Waals surface area contributed by atoms with E-state index in [0.29, 0.717) is 6.54 Å². The molecule has 90 valence electrons. The zero-order chi connectivity index (χ0) is 12.1. The van der Waals surface area contributed by atoms with Crippen LogP contribution >= 0.6 is 31.9 Å². The Bertz CT molecular complexity index is 350. The smallest absolute Gasteiger partial charge is 0.265 e. The lowest BCUT2D eigenvalue weighted by atomic mass is 10.2. The zero-order valence-electron chi connectivity index (χ0n) is 8.26. The lowest BCUT2D eigenvalue weighted by molar-refractivity contribution is -0.00340. The number of alkyl halides is 2. The second-order valence-corrected chi connectivity index (χ2v) is 4.99. The second kappa shape index (κ2) is 6.64. The number of halogens is 4. The molecule has 2 N–H and O–H groups in total. The largest absolute Gasteiger partial charge is 0.386 e. The van der Waals surface area contributed by atoms with Crippen LogP contribution in [0.5, 0.6) is 0 Å². The third-order valence-corrected chi connectivity index (χ3v) is 3.84. The summed E-state index contributed by atoms with van der Waals surface area (Å²) < 4.78 is 25.8. The van der Waals surface area contributed by atoms with E-state index >= 15 is 0 Å². The molecule has 0 saturated heterocycles. The van der Waals surface area contributed by atoms with Crippen LogP contribution in [0.15, 0.2) is 27.1 Å². The monoisotopic (exact) mass is 357 g/mol. The predicted octanol–water partition coefficient (Wildman–Crippen LogP) is 2.93. The van der Waals surface area contributed by atoms with E-state index in [4.69, 9.17) is 5.11 Å². The van der Waals surface area contributed by atoms with E-state index in [1.165, 1.54) is 0 Å². The molecule has 0 aliphatic carbocycles. The van der Waals surface area contributed by atoms with E-state index in [-0.39, 0.29) is 6.54 Å². The van der Waals surface area contributed by atoms with Crippen molar-refractivity contribution in [3.05, 3.63) is 32.7 Å². The van der Waals surface area contributed by atoms with Gasteiger partial charge in [-0.1, -0.05) is 6.07 Å². The van der Waals surface area contributed by atoms with Gasteiger partial charge in [0.2, 0.25) is 0 Å². The highest BCUT2D eigenvalue weighted by Crippen LogP contribution is 2.23. The predicted molar refractivity (Wildman–Crippen MR) is 65.6 cm³/mol. The van der Waals surface area contributed by atoms with Gasteiger partial charge in [-0.25, -0.2) is 8.78 Å². The Kier molecular flexibility index (Phi) is 5.82. The van der Waals surface area contributed by atoms with E-state index in [0.717, 1.165) is 14.5 Å². The number of rotatable bonds is 5. The fourth-order valence-electron chi connectivity index (χ4n) is 1.10. The third-order valence-electron chi connectivity index (χ3n) is 1.96. The quantitative estimate of drug-likeness (QED) is 0.848. The lowest BCUT2D eigenvalue weighted by Crippen LogP contribution is -2.31. The molecule has 0 aromatic heterocycles. The molecule has 0 radical (unpaired) electrons. The van der Waals surface area contributed by atoms with Crippen LogP contribution in [-0.4, -0.2) is 24.2 Å². The molecule has 0 aliphatic rings. The minimum Gasteiger partial charge on any atom is -0.386 e. The van der Waals surface area contributed by atoms with E-state index in [9.17, 15) is 8.78 Å². The van der Waals surface area contributed by atoms with Crippen molar-refractivity contribution in [1.82, 2.24) is 5.32 Å². The molecule has 1 unspecified atom stereocenters. The Morgan fingerprint density at radius 1 is 1.25 bits per heavy atom. The molecule has 0 fully saturated rings.